The molecule has 0 aromatic carbocycles. The summed E-state index contributed by atoms with van der Waals surface area (Å²) in [5, 5.41) is 17.5. The molecular formula is C45H90O3. The largest absolute Gasteiger partial charge is 0.481 e. The minimum absolute atomic E-state index is 0.345. The van der Waals surface area contributed by atoms with Crippen molar-refractivity contribution < 1.29 is 15.0 Å². The number of aliphatic hydroxyl groups excluding tert-OH is 1. The molecule has 0 aliphatic carbocycles. The molecule has 3 heteroatoms. The molecule has 0 rings (SSSR count). The van der Waals surface area contributed by atoms with Crippen molar-refractivity contribution in [2.45, 2.75) is 276 Å². The smallest absolute Gasteiger partial charge is 0.303 e. The van der Waals surface area contributed by atoms with E-state index < -0.39 is 5.97 Å². The van der Waals surface area contributed by atoms with Crippen LogP contribution in [0.5, 0.6) is 0 Å². The van der Waals surface area contributed by atoms with Crippen molar-refractivity contribution >= 4 is 5.97 Å². The van der Waals surface area contributed by atoms with E-state index in [1.807, 2.05) is 0 Å². The Bertz CT molecular complexity index is 577. The maximum atomic E-state index is 10.5. The van der Waals surface area contributed by atoms with Crippen LogP contribution in [-0.2, 0) is 4.79 Å². The van der Waals surface area contributed by atoms with E-state index in [2.05, 4.69) is 0 Å². The van der Waals surface area contributed by atoms with Crippen LogP contribution in [0.4, 0.5) is 0 Å². The van der Waals surface area contributed by atoms with Gasteiger partial charge in [-0.3, -0.25) is 4.79 Å². The molecule has 0 aliphatic rings. The second-order valence-electron chi connectivity index (χ2n) is 15.7. The molecular weight excluding hydrogens is 588 g/mol. The Balaban J connectivity index is 3.04. The first-order chi connectivity index (χ1) is 23.8. The Morgan fingerprint density at radius 3 is 0.479 bits per heavy atom. The Hall–Kier alpha value is -0.570. The van der Waals surface area contributed by atoms with E-state index in [1.165, 1.54) is 250 Å². The molecule has 0 atom stereocenters. The lowest BCUT2D eigenvalue weighted by Gasteiger charge is -2.05. The van der Waals surface area contributed by atoms with Gasteiger partial charge in [-0.2, -0.15) is 0 Å². The number of aliphatic hydroxyl groups is 1. The van der Waals surface area contributed by atoms with Crippen LogP contribution in [0.2, 0.25) is 0 Å². The third-order valence-electron chi connectivity index (χ3n) is 10.8. The topological polar surface area (TPSA) is 57.5 Å². The lowest BCUT2D eigenvalue weighted by atomic mass is 10.0. The molecule has 0 spiro atoms. The van der Waals surface area contributed by atoms with Crippen molar-refractivity contribution in [3.8, 4) is 0 Å². The van der Waals surface area contributed by atoms with Crippen molar-refractivity contribution in [2.24, 2.45) is 0 Å². The van der Waals surface area contributed by atoms with Gasteiger partial charge in [-0.05, 0) is 12.8 Å². The Morgan fingerprint density at radius 2 is 0.354 bits per heavy atom. The van der Waals surface area contributed by atoms with Crippen molar-refractivity contribution in [3.05, 3.63) is 0 Å². The van der Waals surface area contributed by atoms with Gasteiger partial charge in [0.2, 0.25) is 0 Å². The molecule has 0 saturated carbocycles. The van der Waals surface area contributed by atoms with E-state index >= 15 is 0 Å². The second-order valence-corrected chi connectivity index (χ2v) is 15.7. The lowest BCUT2D eigenvalue weighted by molar-refractivity contribution is -0.137. The summed E-state index contributed by atoms with van der Waals surface area (Å²) in [6.07, 6.45) is 59.0. The predicted octanol–water partition coefficient (Wildman–Crippen LogP) is 15.8. The van der Waals surface area contributed by atoms with Crippen LogP contribution in [0.1, 0.15) is 276 Å². The van der Waals surface area contributed by atoms with Crippen LogP contribution in [0, 0.1) is 0 Å². The SMILES string of the molecule is O=C(O)CCCCCCCCCCCCCCCCCCCCCCCCCCCCCCCCCCCCCCCCCCCCO. The zero-order chi connectivity index (χ0) is 34.7. The summed E-state index contributed by atoms with van der Waals surface area (Å²) >= 11 is 0. The van der Waals surface area contributed by atoms with E-state index in [9.17, 15) is 4.79 Å². The highest BCUT2D eigenvalue weighted by Gasteiger charge is 1.99. The molecule has 0 heterocycles. The number of carbonyl (C=O) groups is 1. The Labute approximate surface area is 303 Å². The van der Waals surface area contributed by atoms with Gasteiger partial charge in [-0.15, -0.1) is 0 Å². The number of aliphatic carboxylic acids is 1. The van der Waals surface area contributed by atoms with E-state index in [0.29, 0.717) is 13.0 Å². The van der Waals surface area contributed by atoms with Gasteiger partial charge in [-0.1, -0.05) is 257 Å². The van der Waals surface area contributed by atoms with E-state index in [-0.39, 0.29) is 0 Å². The van der Waals surface area contributed by atoms with Crippen molar-refractivity contribution in [2.75, 3.05) is 6.61 Å². The van der Waals surface area contributed by atoms with Crippen LogP contribution < -0.4 is 0 Å². The van der Waals surface area contributed by atoms with Gasteiger partial charge >= 0.3 is 5.97 Å². The Morgan fingerprint density at radius 1 is 0.229 bits per heavy atom. The minimum Gasteiger partial charge on any atom is -0.481 e. The van der Waals surface area contributed by atoms with Crippen LogP contribution in [0.25, 0.3) is 0 Å². The number of unbranched alkanes of at least 4 members (excludes halogenated alkanes) is 41. The summed E-state index contributed by atoms with van der Waals surface area (Å²) in [6, 6.07) is 0. The third-order valence-corrected chi connectivity index (χ3v) is 10.8. The number of hydrogen-bond acceptors (Lipinski definition) is 2. The van der Waals surface area contributed by atoms with Crippen molar-refractivity contribution in [3.63, 3.8) is 0 Å². The quantitative estimate of drug-likeness (QED) is 0.0631. The molecule has 0 aromatic heterocycles. The van der Waals surface area contributed by atoms with Gasteiger partial charge in [-0.25, -0.2) is 0 Å². The number of rotatable bonds is 44. The van der Waals surface area contributed by atoms with Crippen molar-refractivity contribution in [1.29, 1.82) is 0 Å². The monoisotopic (exact) mass is 679 g/mol. The van der Waals surface area contributed by atoms with Gasteiger partial charge in [0, 0.05) is 13.0 Å². The molecule has 0 amide bonds. The summed E-state index contributed by atoms with van der Waals surface area (Å²) in [7, 11) is 0. The minimum atomic E-state index is -0.648. The van der Waals surface area contributed by atoms with E-state index in [4.69, 9.17) is 10.2 Å². The summed E-state index contributed by atoms with van der Waals surface area (Å²) in [4.78, 5) is 10.5. The van der Waals surface area contributed by atoms with Gasteiger partial charge in [0.15, 0.2) is 0 Å². The van der Waals surface area contributed by atoms with E-state index in [1.54, 1.807) is 0 Å². The maximum Gasteiger partial charge on any atom is 0.303 e. The third kappa shape index (κ3) is 45.4. The molecule has 0 fully saturated rings. The molecule has 0 aromatic rings. The summed E-state index contributed by atoms with van der Waals surface area (Å²) in [5.74, 6) is -0.648. The first-order valence-corrected chi connectivity index (χ1v) is 22.6. The molecule has 0 radical (unpaired) electrons. The molecule has 3 nitrogen and oxygen atoms in total. The fraction of sp³-hybridized carbons (Fsp3) is 0.978. The highest BCUT2D eigenvalue weighted by atomic mass is 16.4. The van der Waals surface area contributed by atoms with Crippen molar-refractivity contribution in [1.82, 2.24) is 0 Å². The van der Waals surface area contributed by atoms with Crippen LogP contribution in [0.15, 0.2) is 0 Å². The van der Waals surface area contributed by atoms with Gasteiger partial charge in [0.05, 0.1) is 0 Å². The number of carboxylic acid groups (broad SMARTS) is 1. The fourth-order valence-electron chi connectivity index (χ4n) is 7.46. The van der Waals surface area contributed by atoms with Crippen LogP contribution >= 0.6 is 0 Å². The molecule has 0 unspecified atom stereocenters. The highest BCUT2D eigenvalue weighted by Crippen LogP contribution is 2.18. The highest BCUT2D eigenvalue weighted by molar-refractivity contribution is 5.66. The average molecular weight is 679 g/mol. The van der Waals surface area contributed by atoms with Crippen LogP contribution in [-0.4, -0.2) is 22.8 Å². The molecule has 2 N–H and O–H groups in total. The molecule has 288 valence electrons. The summed E-state index contributed by atoms with van der Waals surface area (Å²) in [6.45, 7) is 0.370. The summed E-state index contributed by atoms with van der Waals surface area (Å²) < 4.78 is 0. The first-order valence-electron chi connectivity index (χ1n) is 22.6. The molecule has 0 aliphatic heterocycles. The van der Waals surface area contributed by atoms with Gasteiger partial charge in [0.25, 0.3) is 0 Å². The maximum absolute atomic E-state index is 10.5. The summed E-state index contributed by atoms with van der Waals surface area (Å²) in [5.41, 5.74) is 0. The number of carboxylic acids is 1. The standard InChI is InChI=1S/C45H90O3/c46-44-42-40-38-36-34-32-30-28-26-24-22-20-18-16-14-12-10-8-6-4-2-1-3-5-7-9-11-13-15-17-19-21-23-25-27-29-31-33-35-37-39-41-43-45(47)48/h46H,1-44H2,(H,47,48). The van der Waals surface area contributed by atoms with Crippen LogP contribution in [0.3, 0.4) is 0 Å². The molecule has 0 saturated heterocycles. The average Bonchev–Trinajstić information content (AvgIpc) is 3.08. The molecule has 48 heavy (non-hydrogen) atoms. The zero-order valence-corrected chi connectivity index (χ0v) is 32.9. The van der Waals surface area contributed by atoms with E-state index in [0.717, 1.165) is 19.3 Å². The normalized spacial score (nSPS) is 11.5. The predicted molar refractivity (Wildman–Crippen MR) is 213 cm³/mol. The Kier molecular flexibility index (Phi) is 43.9. The molecule has 0 bridgehead atoms. The number of hydrogen-bond donors (Lipinski definition) is 2. The second kappa shape index (κ2) is 44.5. The lowest BCUT2D eigenvalue weighted by Crippen LogP contribution is -1.93. The zero-order valence-electron chi connectivity index (χ0n) is 32.9. The fourth-order valence-corrected chi connectivity index (χ4v) is 7.46. The first kappa shape index (κ1) is 47.4. The van der Waals surface area contributed by atoms with Gasteiger partial charge < -0.3 is 10.2 Å². The van der Waals surface area contributed by atoms with Gasteiger partial charge in [0.1, 0.15) is 0 Å².